The van der Waals surface area contributed by atoms with Crippen LogP contribution in [0.3, 0.4) is 0 Å². The molecule has 5 rings (SSSR count). The molecule has 0 saturated carbocycles. The van der Waals surface area contributed by atoms with Crippen molar-refractivity contribution >= 4 is 11.9 Å². The summed E-state index contributed by atoms with van der Waals surface area (Å²) in [5, 5.41) is 14.2. The highest BCUT2D eigenvalue weighted by atomic mass is 19.4. The van der Waals surface area contributed by atoms with E-state index in [1.165, 1.54) is 62.4 Å². The summed E-state index contributed by atoms with van der Waals surface area (Å²) in [4.78, 5) is 28.2. The van der Waals surface area contributed by atoms with Gasteiger partial charge in [0.1, 0.15) is 5.82 Å². The van der Waals surface area contributed by atoms with Crippen LogP contribution >= 0.6 is 0 Å². The van der Waals surface area contributed by atoms with Gasteiger partial charge in [0, 0.05) is 45.9 Å². The monoisotopic (exact) mass is 622 g/mol. The van der Waals surface area contributed by atoms with E-state index in [1.54, 1.807) is 0 Å². The summed E-state index contributed by atoms with van der Waals surface area (Å²) in [7, 11) is 0. The molecule has 0 unspecified atom stereocenters. The lowest BCUT2D eigenvalue weighted by Crippen LogP contribution is -2.58. The lowest BCUT2D eigenvalue weighted by Gasteiger charge is -2.51. The number of rotatable bonds is 4. The molecule has 1 aromatic heterocycles. The molecule has 43 heavy (non-hydrogen) atoms. The number of ether oxygens (including phenoxy) is 1. The molecule has 2 aromatic rings. The molecule has 2 N–H and O–H groups in total. The third kappa shape index (κ3) is 8.92. The highest BCUT2D eigenvalue weighted by molar-refractivity contribution is 5.73. The summed E-state index contributed by atoms with van der Waals surface area (Å²) in [6, 6.07) is 10.8. The van der Waals surface area contributed by atoms with Crippen molar-refractivity contribution in [2.24, 2.45) is 5.92 Å². The van der Waals surface area contributed by atoms with Crippen LogP contribution in [0.5, 0.6) is 0 Å². The number of nitrogens with zero attached hydrogens (tertiary/aromatic N) is 4. The zero-order valence-corrected chi connectivity index (χ0v) is 23.7. The molecule has 4 heterocycles. The molecule has 1 aromatic carbocycles. The Hall–Kier alpha value is -3.17. The van der Waals surface area contributed by atoms with Crippen LogP contribution < -0.4 is 0 Å². The quantitative estimate of drug-likeness (QED) is 0.466. The average Bonchev–Trinajstić information content (AvgIpc) is 3.41. The van der Waals surface area contributed by atoms with Crippen LogP contribution in [0.25, 0.3) is 11.3 Å². The minimum Gasteiger partial charge on any atom is -0.475 e. The highest BCUT2D eigenvalue weighted by Gasteiger charge is 2.46. The predicted octanol–water partition coefficient (Wildman–Crippen LogP) is 4.87. The third-order valence-electron chi connectivity index (χ3n) is 7.95. The van der Waals surface area contributed by atoms with Gasteiger partial charge < -0.3 is 24.4 Å². The zero-order chi connectivity index (χ0) is 31.8. The fraction of sp³-hybridized carbons (Fsp3) is 0.607. The van der Waals surface area contributed by atoms with Crippen molar-refractivity contribution < 1.29 is 50.9 Å². The molecule has 0 radical (unpaired) electrons. The van der Waals surface area contributed by atoms with Crippen molar-refractivity contribution in [1.29, 1.82) is 0 Å². The number of aromatic nitrogens is 2. The van der Waals surface area contributed by atoms with Crippen LogP contribution in [0.1, 0.15) is 38.4 Å². The van der Waals surface area contributed by atoms with Gasteiger partial charge in [0.2, 0.25) is 0 Å². The molecule has 0 aliphatic carbocycles. The Morgan fingerprint density at radius 1 is 0.930 bits per heavy atom. The summed E-state index contributed by atoms with van der Waals surface area (Å²) < 4.78 is 71.5. The minimum atomic E-state index is -5.08. The van der Waals surface area contributed by atoms with Crippen LogP contribution in [0.4, 0.5) is 26.3 Å². The maximum absolute atomic E-state index is 10.6. The number of imidazole rings is 1. The van der Waals surface area contributed by atoms with E-state index in [0.29, 0.717) is 0 Å². The molecule has 0 bridgehead atoms. The van der Waals surface area contributed by atoms with Crippen LogP contribution in [-0.4, -0.2) is 99.8 Å². The number of carbonyl (C=O) groups is 2. The first kappa shape index (κ1) is 34.3. The van der Waals surface area contributed by atoms with E-state index in [1.807, 2.05) is 0 Å². The van der Waals surface area contributed by atoms with Crippen LogP contribution in [0.2, 0.25) is 0 Å². The number of carboxylic acids is 2. The van der Waals surface area contributed by atoms with Crippen LogP contribution in [0, 0.1) is 5.92 Å². The Kier molecular flexibility index (Phi) is 11.6. The third-order valence-corrected chi connectivity index (χ3v) is 7.95. The Morgan fingerprint density at radius 3 is 1.95 bits per heavy atom. The van der Waals surface area contributed by atoms with Gasteiger partial charge in [0.25, 0.3) is 0 Å². The lowest BCUT2D eigenvalue weighted by molar-refractivity contribution is -0.193. The molecule has 9 nitrogen and oxygen atoms in total. The topological polar surface area (TPSA) is 108 Å². The maximum Gasteiger partial charge on any atom is 0.490 e. The Bertz CT molecular complexity index is 1170. The van der Waals surface area contributed by atoms with Crippen molar-refractivity contribution in [1.82, 2.24) is 19.4 Å². The van der Waals surface area contributed by atoms with Gasteiger partial charge in [0.15, 0.2) is 0 Å². The molecule has 2 saturated heterocycles. The Labute approximate surface area is 245 Å². The second kappa shape index (κ2) is 14.5. The van der Waals surface area contributed by atoms with Gasteiger partial charge in [-0.15, -0.1) is 0 Å². The van der Waals surface area contributed by atoms with Crippen molar-refractivity contribution in [3.05, 3.63) is 42.4 Å². The first-order chi connectivity index (χ1) is 20.2. The Balaban J connectivity index is 0.000000303. The molecular formula is C28H36F6N4O5. The van der Waals surface area contributed by atoms with Crippen molar-refractivity contribution in [2.45, 2.75) is 57.0 Å². The van der Waals surface area contributed by atoms with Gasteiger partial charge in [-0.2, -0.15) is 26.3 Å². The number of hydrogen-bond donors (Lipinski definition) is 2. The van der Waals surface area contributed by atoms with E-state index in [2.05, 4.69) is 57.8 Å². The normalized spacial score (nSPS) is 19.4. The van der Waals surface area contributed by atoms with Crippen LogP contribution in [0.15, 0.2) is 36.5 Å². The number of halogens is 6. The van der Waals surface area contributed by atoms with Gasteiger partial charge in [0.05, 0.1) is 17.4 Å². The summed E-state index contributed by atoms with van der Waals surface area (Å²) in [6.07, 6.45) is -3.22. The fourth-order valence-electron chi connectivity index (χ4n) is 5.79. The summed E-state index contributed by atoms with van der Waals surface area (Å²) >= 11 is 0. The molecule has 2 fully saturated rings. The van der Waals surface area contributed by atoms with Crippen molar-refractivity contribution in [3.63, 3.8) is 0 Å². The molecule has 15 heteroatoms. The smallest absolute Gasteiger partial charge is 0.475 e. The molecule has 1 spiro atoms. The van der Waals surface area contributed by atoms with Gasteiger partial charge in [-0.05, 0) is 43.7 Å². The fourth-order valence-corrected chi connectivity index (χ4v) is 5.79. The van der Waals surface area contributed by atoms with Crippen LogP contribution in [-0.2, 0) is 26.4 Å². The van der Waals surface area contributed by atoms with E-state index in [4.69, 9.17) is 29.5 Å². The van der Waals surface area contributed by atoms with Gasteiger partial charge in [-0.3, -0.25) is 4.90 Å². The van der Waals surface area contributed by atoms with Gasteiger partial charge in [-0.25, -0.2) is 14.6 Å². The number of aliphatic carboxylic acids is 2. The average molecular weight is 623 g/mol. The largest absolute Gasteiger partial charge is 0.490 e. The Morgan fingerprint density at radius 2 is 1.47 bits per heavy atom. The number of fused-ring (bicyclic) bond motifs is 2. The lowest BCUT2D eigenvalue weighted by atomic mass is 9.82. The molecule has 0 atom stereocenters. The zero-order valence-electron chi connectivity index (χ0n) is 23.7. The summed E-state index contributed by atoms with van der Waals surface area (Å²) in [6.45, 7) is 11.1. The molecule has 240 valence electrons. The second-order valence-corrected chi connectivity index (χ2v) is 10.6. The minimum absolute atomic E-state index is 0.103. The number of alkyl halides is 6. The van der Waals surface area contributed by atoms with E-state index in [-0.39, 0.29) is 5.54 Å². The van der Waals surface area contributed by atoms with Gasteiger partial charge >= 0.3 is 24.3 Å². The number of hydrogen-bond acceptors (Lipinski definition) is 6. The van der Waals surface area contributed by atoms with Gasteiger partial charge in [-0.1, -0.05) is 37.3 Å². The van der Waals surface area contributed by atoms with E-state index in [9.17, 15) is 26.3 Å². The number of likely N-dealkylation sites (tertiary alicyclic amines) is 1. The maximum atomic E-state index is 10.6. The number of piperidine rings is 1. The molecule has 3 aliphatic rings. The molecule has 3 aliphatic heterocycles. The van der Waals surface area contributed by atoms with Crippen molar-refractivity contribution in [3.8, 4) is 11.3 Å². The molecular weight excluding hydrogens is 586 g/mol. The number of benzene rings is 1. The molecule has 0 amide bonds. The van der Waals surface area contributed by atoms with Crippen molar-refractivity contribution in [2.75, 3.05) is 45.9 Å². The predicted molar refractivity (Wildman–Crippen MR) is 143 cm³/mol. The first-order valence-electron chi connectivity index (χ1n) is 14.0. The number of likely N-dealkylation sites (N-methyl/N-ethyl adjacent to an activating group) is 1. The standard InChI is InChI=1S/C24H34N4O.2C2HF3O2/c1-2-27-14-15-28-22(21-6-4-3-5-7-21)18-25-23(28)24(27)10-12-26(13-11-24)19-20-8-16-29-17-9-20;2*3-2(4,5)1(6)7/h3-7,18,20H,2,8-17,19H2,1H3;2*(H,6,7). The highest BCUT2D eigenvalue weighted by Crippen LogP contribution is 2.42. The van der Waals surface area contributed by atoms with E-state index in [0.717, 1.165) is 38.8 Å². The summed E-state index contributed by atoms with van der Waals surface area (Å²) in [5.41, 5.74) is 2.66. The number of carboxylic acid groups (broad SMARTS) is 2. The van der Waals surface area contributed by atoms with E-state index >= 15 is 0 Å². The van der Waals surface area contributed by atoms with E-state index < -0.39 is 24.3 Å². The first-order valence-corrected chi connectivity index (χ1v) is 14.0. The summed E-state index contributed by atoms with van der Waals surface area (Å²) in [5.74, 6) is -3.40. The SMILES string of the molecule is CCN1CCn2c(-c3ccccc3)cnc2C12CCN(CC1CCOCC1)CC2.O=C(O)C(F)(F)F.O=C(O)C(F)(F)F. The second-order valence-electron chi connectivity index (χ2n) is 10.6.